The Morgan fingerprint density at radius 1 is 0.320 bits per heavy atom. The molecule has 0 aliphatic carbocycles. The van der Waals surface area contributed by atoms with Gasteiger partial charge in [-0.15, -0.1) is 0 Å². The standard InChI is InChI=1S/C48H31NO/c1-3-11-32(12-4-1)33-21-25-36(26-22-33)49(35-13-5-2-6-14-35)37-27-23-34-24-28-40-38-16-9-17-39(41(38)29-30-42(40)46(34)31-37)44-18-10-19-45-43-15-7-8-20-47(43)50-48(44)45/h1-31H. The molecule has 0 N–H and O–H groups in total. The van der Waals surface area contributed by atoms with E-state index in [4.69, 9.17) is 4.42 Å². The van der Waals surface area contributed by atoms with Crippen molar-refractivity contribution in [3.63, 3.8) is 0 Å². The molecule has 0 amide bonds. The van der Waals surface area contributed by atoms with Crippen LogP contribution in [0.1, 0.15) is 0 Å². The molecule has 0 radical (unpaired) electrons. The summed E-state index contributed by atoms with van der Waals surface area (Å²) in [5, 5.41) is 9.67. The number of hydrogen-bond acceptors (Lipinski definition) is 2. The van der Waals surface area contributed by atoms with E-state index in [1.54, 1.807) is 0 Å². The van der Waals surface area contributed by atoms with Gasteiger partial charge in [0.1, 0.15) is 11.2 Å². The van der Waals surface area contributed by atoms with Gasteiger partial charge in [-0.3, -0.25) is 0 Å². The molecule has 2 nitrogen and oxygen atoms in total. The number of benzene rings is 9. The van der Waals surface area contributed by atoms with Crippen LogP contribution in [-0.4, -0.2) is 0 Å². The lowest BCUT2D eigenvalue weighted by Gasteiger charge is -2.26. The van der Waals surface area contributed by atoms with E-state index in [-0.39, 0.29) is 0 Å². The van der Waals surface area contributed by atoms with Crippen molar-refractivity contribution in [1.82, 2.24) is 0 Å². The summed E-state index contributed by atoms with van der Waals surface area (Å²) >= 11 is 0. The van der Waals surface area contributed by atoms with E-state index in [0.29, 0.717) is 0 Å². The Morgan fingerprint density at radius 2 is 0.880 bits per heavy atom. The van der Waals surface area contributed by atoms with Gasteiger partial charge in [0.25, 0.3) is 0 Å². The maximum absolute atomic E-state index is 6.46. The van der Waals surface area contributed by atoms with Crippen LogP contribution in [0.4, 0.5) is 17.1 Å². The Bertz CT molecular complexity index is 2850. The predicted molar refractivity (Wildman–Crippen MR) is 212 cm³/mol. The van der Waals surface area contributed by atoms with Gasteiger partial charge in [-0.1, -0.05) is 146 Å². The Labute approximate surface area is 290 Å². The molecule has 1 heterocycles. The average molecular weight is 638 g/mol. The first-order valence-corrected chi connectivity index (χ1v) is 17.1. The smallest absolute Gasteiger partial charge is 0.143 e. The van der Waals surface area contributed by atoms with Crippen LogP contribution in [0.2, 0.25) is 0 Å². The van der Waals surface area contributed by atoms with Gasteiger partial charge < -0.3 is 9.32 Å². The van der Waals surface area contributed by atoms with E-state index in [9.17, 15) is 0 Å². The minimum Gasteiger partial charge on any atom is -0.455 e. The number of fused-ring (bicyclic) bond motifs is 8. The fraction of sp³-hybridized carbons (Fsp3) is 0. The topological polar surface area (TPSA) is 16.4 Å². The van der Waals surface area contributed by atoms with Gasteiger partial charge in [-0.05, 0) is 91.5 Å². The Morgan fingerprint density at radius 3 is 1.72 bits per heavy atom. The predicted octanol–water partition coefficient (Wildman–Crippen LogP) is 13.8. The first kappa shape index (κ1) is 28.4. The molecule has 2 heteroatoms. The number of anilines is 3. The number of furan rings is 1. The second-order valence-corrected chi connectivity index (χ2v) is 12.9. The van der Waals surface area contributed by atoms with Crippen molar-refractivity contribution < 1.29 is 4.42 Å². The van der Waals surface area contributed by atoms with Gasteiger partial charge in [0.2, 0.25) is 0 Å². The van der Waals surface area contributed by atoms with Gasteiger partial charge in [-0.25, -0.2) is 0 Å². The second kappa shape index (κ2) is 11.5. The highest BCUT2D eigenvalue weighted by atomic mass is 16.3. The number of hydrogen-bond donors (Lipinski definition) is 0. The normalized spacial score (nSPS) is 11.6. The largest absolute Gasteiger partial charge is 0.455 e. The minimum absolute atomic E-state index is 0.916. The first-order chi connectivity index (χ1) is 24.8. The van der Waals surface area contributed by atoms with Crippen LogP contribution in [0, 0.1) is 0 Å². The van der Waals surface area contributed by atoms with Crippen molar-refractivity contribution in [2.75, 3.05) is 4.90 Å². The third-order valence-corrected chi connectivity index (χ3v) is 10.1. The molecule has 10 rings (SSSR count). The highest BCUT2D eigenvalue weighted by molar-refractivity contribution is 6.21. The summed E-state index contributed by atoms with van der Waals surface area (Å²) in [5.74, 6) is 0. The fourth-order valence-corrected chi connectivity index (χ4v) is 7.68. The Balaban J connectivity index is 1.13. The molecule has 9 aromatic carbocycles. The van der Waals surface area contributed by atoms with E-state index >= 15 is 0 Å². The van der Waals surface area contributed by atoms with Crippen molar-refractivity contribution >= 4 is 71.3 Å². The molecular formula is C48H31NO. The van der Waals surface area contributed by atoms with E-state index in [1.165, 1.54) is 49.0 Å². The minimum atomic E-state index is 0.916. The molecule has 10 aromatic rings. The van der Waals surface area contributed by atoms with Gasteiger partial charge in [0.05, 0.1) is 0 Å². The molecule has 234 valence electrons. The number of nitrogens with zero attached hydrogens (tertiary/aromatic N) is 1. The van der Waals surface area contributed by atoms with Gasteiger partial charge in [-0.2, -0.15) is 0 Å². The maximum atomic E-state index is 6.46. The van der Waals surface area contributed by atoms with Crippen LogP contribution in [0.3, 0.4) is 0 Å². The highest BCUT2D eigenvalue weighted by Gasteiger charge is 2.17. The molecule has 0 saturated carbocycles. The number of rotatable bonds is 5. The van der Waals surface area contributed by atoms with E-state index in [2.05, 4.69) is 181 Å². The van der Waals surface area contributed by atoms with Crippen LogP contribution < -0.4 is 4.90 Å². The lowest BCUT2D eigenvalue weighted by Crippen LogP contribution is -2.09. The molecule has 0 bridgehead atoms. The SMILES string of the molecule is c1ccc(-c2ccc(N(c3ccccc3)c3ccc4ccc5c6cccc(-c7cccc8c7oc7ccccc78)c6ccc5c4c3)cc2)cc1. The zero-order chi connectivity index (χ0) is 33.0. The zero-order valence-electron chi connectivity index (χ0n) is 27.3. The summed E-state index contributed by atoms with van der Waals surface area (Å²) in [7, 11) is 0. The molecule has 1 aromatic heterocycles. The molecule has 0 unspecified atom stereocenters. The monoisotopic (exact) mass is 637 g/mol. The van der Waals surface area contributed by atoms with Gasteiger partial charge in [0, 0.05) is 33.4 Å². The van der Waals surface area contributed by atoms with Crippen molar-refractivity contribution in [3.05, 3.63) is 188 Å². The summed E-state index contributed by atoms with van der Waals surface area (Å²) in [6.45, 7) is 0. The molecule has 0 fully saturated rings. The van der Waals surface area contributed by atoms with Crippen molar-refractivity contribution in [2.45, 2.75) is 0 Å². The maximum Gasteiger partial charge on any atom is 0.143 e. The Kier molecular flexibility index (Phi) is 6.53. The van der Waals surface area contributed by atoms with E-state index < -0.39 is 0 Å². The quantitative estimate of drug-likeness (QED) is 0.175. The van der Waals surface area contributed by atoms with Gasteiger partial charge in [0.15, 0.2) is 0 Å². The second-order valence-electron chi connectivity index (χ2n) is 12.9. The third kappa shape index (κ3) is 4.57. The van der Waals surface area contributed by atoms with E-state index in [1.807, 2.05) is 12.1 Å². The summed E-state index contributed by atoms with van der Waals surface area (Å²) in [4.78, 5) is 2.35. The molecule has 50 heavy (non-hydrogen) atoms. The van der Waals surface area contributed by atoms with Crippen molar-refractivity contribution in [2.24, 2.45) is 0 Å². The molecule has 0 saturated heterocycles. The summed E-state index contributed by atoms with van der Waals surface area (Å²) in [6.07, 6.45) is 0. The summed E-state index contributed by atoms with van der Waals surface area (Å²) in [5.41, 5.74) is 9.91. The summed E-state index contributed by atoms with van der Waals surface area (Å²) < 4.78 is 6.46. The zero-order valence-corrected chi connectivity index (χ0v) is 27.3. The van der Waals surface area contributed by atoms with E-state index in [0.717, 1.165) is 44.6 Å². The summed E-state index contributed by atoms with van der Waals surface area (Å²) in [6, 6.07) is 67.4. The highest BCUT2D eigenvalue weighted by Crippen LogP contribution is 2.42. The van der Waals surface area contributed by atoms with Crippen molar-refractivity contribution in [3.8, 4) is 22.3 Å². The lowest BCUT2D eigenvalue weighted by atomic mass is 9.92. The van der Waals surface area contributed by atoms with Crippen LogP contribution in [0.15, 0.2) is 192 Å². The third-order valence-electron chi connectivity index (χ3n) is 10.1. The molecule has 0 aliphatic heterocycles. The fourth-order valence-electron chi connectivity index (χ4n) is 7.68. The van der Waals surface area contributed by atoms with Crippen LogP contribution in [-0.2, 0) is 0 Å². The Hall–Kier alpha value is -6.64. The average Bonchev–Trinajstić information content (AvgIpc) is 3.58. The van der Waals surface area contributed by atoms with Crippen LogP contribution in [0.25, 0.3) is 76.5 Å². The van der Waals surface area contributed by atoms with Crippen molar-refractivity contribution in [1.29, 1.82) is 0 Å². The lowest BCUT2D eigenvalue weighted by molar-refractivity contribution is 0.670. The number of para-hydroxylation sites is 3. The first-order valence-electron chi connectivity index (χ1n) is 17.1. The van der Waals surface area contributed by atoms with Crippen LogP contribution in [0.5, 0.6) is 0 Å². The molecular weight excluding hydrogens is 607 g/mol. The molecule has 0 atom stereocenters. The van der Waals surface area contributed by atoms with Crippen LogP contribution >= 0.6 is 0 Å². The van der Waals surface area contributed by atoms with Gasteiger partial charge >= 0.3 is 0 Å². The molecule has 0 aliphatic rings. The molecule has 0 spiro atoms.